The molecule has 0 atom stereocenters. The van der Waals surface area contributed by atoms with Crippen LogP contribution in [-0.4, -0.2) is 43.3 Å². The summed E-state index contributed by atoms with van der Waals surface area (Å²) >= 11 is 3.30. The number of Topliss-reactive ketones (excluding diaryl/α,β-unsaturated/α-hetero) is 2. The first-order chi connectivity index (χ1) is 30.4. The van der Waals surface area contributed by atoms with E-state index in [1.807, 2.05) is 26.0 Å². The summed E-state index contributed by atoms with van der Waals surface area (Å²) in [5.41, 5.74) is 11.1. The van der Waals surface area contributed by atoms with Crippen LogP contribution in [0.1, 0.15) is 115 Å². The molecule has 0 fully saturated rings. The van der Waals surface area contributed by atoms with E-state index < -0.39 is 11.6 Å². The van der Waals surface area contributed by atoms with Gasteiger partial charge in [0.25, 0.3) is 11.8 Å². The van der Waals surface area contributed by atoms with Crippen LogP contribution in [-0.2, 0) is 19.5 Å². The standard InChI is InChI=1S/C24H19FN4O2.C14H7BrFN3O.C9H12N2O/c1-2-4-21(30)15-7-8-17(27-12-15)9-16-10-19(29-20-13-28-24(31)23(16)20)22-14(11-26)5-3-6-18(22)25;15-8-4-10(19-11-6-18-14(20)13(8)11)12-7(5-17)2-1-3-9(12)16;1-2-3-8(12)7-4-5-9(10)11-6-7/h3,5-8,10,12H,2,4,9,13H2,1H3,(H,28,31);1-4H,6H2,(H,18,20);4-6H,2-3H2,1H3,(H2,10,11). The monoisotopic (exact) mass is 909 g/mol. The van der Waals surface area contributed by atoms with Gasteiger partial charge in [-0.05, 0) is 95.0 Å². The summed E-state index contributed by atoms with van der Waals surface area (Å²) < 4.78 is 29.1. The van der Waals surface area contributed by atoms with Gasteiger partial charge in [0.05, 0.1) is 81.4 Å². The Morgan fingerprint density at radius 3 is 1.71 bits per heavy atom. The maximum atomic E-state index is 14.6. The predicted octanol–water partition coefficient (Wildman–Crippen LogP) is 8.38. The van der Waals surface area contributed by atoms with Crippen molar-refractivity contribution in [2.24, 2.45) is 0 Å². The Morgan fingerprint density at radius 2 is 1.22 bits per heavy atom. The van der Waals surface area contributed by atoms with Gasteiger partial charge in [0.1, 0.15) is 17.5 Å². The zero-order chi connectivity index (χ0) is 45.2. The van der Waals surface area contributed by atoms with Crippen LogP contribution in [0.3, 0.4) is 0 Å². The number of nitrogens with two attached hydrogens (primary N) is 1. The number of aromatic nitrogens is 4. The van der Waals surface area contributed by atoms with Crippen LogP contribution in [0.5, 0.6) is 0 Å². The largest absolute Gasteiger partial charge is 0.384 e. The lowest BCUT2D eigenvalue weighted by Gasteiger charge is -2.11. The molecule has 8 rings (SSSR count). The molecular weight excluding hydrogens is 872 g/mol. The molecule has 4 aromatic heterocycles. The number of hydrogen-bond acceptors (Lipinski definition) is 11. The Hall–Kier alpha value is -7.56. The number of carbonyl (C=O) groups excluding carboxylic acids is 4. The van der Waals surface area contributed by atoms with Gasteiger partial charge in [0.15, 0.2) is 11.6 Å². The van der Waals surface area contributed by atoms with Gasteiger partial charge in [0.2, 0.25) is 0 Å². The second kappa shape index (κ2) is 20.3. The fourth-order valence-electron chi connectivity index (χ4n) is 6.85. The first-order valence-electron chi connectivity index (χ1n) is 19.8. The summed E-state index contributed by atoms with van der Waals surface area (Å²) in [5.74, 6) is -0.898. The van der Waals surface area contributed by atoms with Crippen molar-refractivity contribution in [3.8, 4) is 34.7 Å². The van der Waals surface area contributed by atoms with Crippen molar-refractivity contribution < 1.29 is 28.0 Å². The molecule has 0 unspecified atom stereocenters. The van der Waals surface area contributed by atoms with Crippen molar-refractivity contribution in [3.63, 3.8) is 0 Å². The number of amides is 2. The van der Waals surface area contributed by atoms with Crippen molar-refractivity contribution in [3.05, 3.63) is 157 Å². The molecule has 16 heteroatoms. The summed E-state index contributed by atoms with van der Waals surface area (Å²) in [6.45, 7) is 4.46. The predicted molar refractivity (Wildman–Crippen MR) is 233 cm³/mol. The maximum absolute atomic E-state index is 14.6. The minimum Gasteiger partial charge on any atom is -0.384 e. The Morgan fingerprint density at radius 1 is 0.714 bits per heavy atom. The number of anilines is 1. The van der Waals surface area contributed by atoms with Crippen LogP contribution in [0, 0.1) is 34.3 Å². The minimum atomic E-state index is -0.549. The van der Waals surface area contributed by atoms with Crippen LogP contribution in [0.15, 0.2) is 89.7 Å². The molecule has 6 heterocycles. The van der Waals surface area contributed by atoms with E-state index >= 15 is 0 Å². The molecule has 13 nitrogen and oxygen atoms in total. The van der Waals surface area contributed by atoms with Crippen LogP contribution >= 0.6 is 15.9 Å². The van der Waals surface area contributed by atoms with Gasteiger partial charge in [-0.25, -0.2) is 23.7 Å². The lowest BCUT2D eigenvalue weighted by molar-refractivity contribution is 0.0957. The van der Waals surface area contributed by atoms with Crippen LogP contribution in [0.2, 0.25) is 0 Å². The first kappa shape index (κ1) is 45.0. The molecule has 2 aromatic carbocycles. The van der Waals surface area contributed by atoms with Gasteiger partial charge >= 0.3 is 0 Å². The molecule has 6 aromatic rings. The van der Waals surface area contributed by atoms with Gasteiger partial charge in [-0.3, -0.25) is 24.2 Å². The molecule has 0 radical (unpaired) electrons. The number of benzene rings is 2. The minimum absolute atomic E-state index is 0.0385. The molecule has 2 amide bonds. The lowest BCUT2D eigenvalue weighted by atomic mass is 9.97. The van der Waals surface area contributed by atoms with Crippen LogP contribution < -0.4 is 16.4 Å². The van der Waals surface area contributed by atoms with E-state index in [-0.39, 0.29) is 52.2 Å². The number of nitrogens with zero attached hydrogens (tertiary/aromatic N) is 6. The number of halogens is 3. The molecule has 2 aliphatic heterocycles. The Kier molecular flexibility index (Phi) is 14.5. The number of fused-ring (bicyclic) bond motifs is 2. The highest BCUT2D eigenvalue weighted by Gasteiger charge is 2.28. The number of hydrogen-bond donors (Lipinski definition) is 3. The van der Waals surface area contributed by atoms with E-state index in [2.05, 4.69) is 46.5 Å². The van der Waals surface area contributed by atoms with Gasteiger partial charge in [0, 0.05) is 52.9 Å². The number of carbonyl (C=O) groups is 4. The van der Waals surface area contributed by atoms with Crippen molar-refractivity contribution in [2.45, 2.75) is 59.0 Å². The number of nitrogens with one attached hydrogen (secondary N) is 2. The topological polar surface area (TPSA) is 218 Å². The van der Waals surface area contributed by atoms with Gasteiger partial charge < -0.3 is 16.4 Å². The van der Waals surface area contributed by atoms with Crippen molar-refractivity contribution in [2.75, 3.05) is 5.73 Å². The van der Waals surface area contributed by atoms with Crippen molar-refractivity contribution in [1.29, 1.82) is 10.5 Å². The van der Waals surface area contributed by atoms with E-state index in [0.29, 0.717) is 92.4 Å². The van der Waals surface area contributed by atoms with Crippen molar-refractivity contribution >= 4 is 45.1 Å². The Labute approximate surface area is 369 Å². The van der Waals surface area contributed by atoms with E-state index in [1.165, 1.54) is 42.6 Å². The third-order valence-electron chi connectivity index (χ3n) is 9.87. The highest BCUT2D eigenvalue weighted by atomic mass is 79.9. The average molecular weight is 911 g/mol. The molecule has 2 aliphatic rings. The number of nitriles is 2. The molecule has 4 N–H and O–H groups in total. The average Bonchev–Trinajstić information content (AvgIpc) is 3.85. The maximum Gasteiger partial charge on any atom is 0.254 e. The van der Waals surface area contributed by atoms with Gasteiger partial charge in [-0.15, -0.1) is 0 Å². The highest BCUT2D eigenvalue weighted by Crippen LogP contribution is 2.33. The highest BCUT2D eigenvalue weighted by molar-refractivity contribution is 9.10. The summed E-state index contributed by atoms with van der Waals surface area (Å²) in [7, 11) is 0. The SMILES string of the molecule is CCCC(=O)c1ccc(Cc2cc(-c3c(F)cccc3C#N)nc3c2C(=O)NC3)nc1.CCCC(=O)c1ccc(N)nc1.N#Cc1cccc(F)c1-c1cc(Br)c2c(n1)CNC2=O. The molecule has 0 bridgehead atoms. The zero-order valence-corrected chi connectivity index (χ0v) is 35.6. The molecule has 63 heavy (non-hydrogen) atoms. The molecule has 0 spiro atoms. The quantitative estimate of drug-likeness (QED) is 0.111. The first-order valence-corrected chi connectivity index (χ1v) is 20.6. The second-order valence-electron chi connectivity index (χ2n) is 14.2. The number of pyridine rings is 4. The third kappa shape index (κ3) is 10.3. The number of ketones is 2. The van der Waals surface area contributed by atoms with E-state index in [9.17, 15) is 33.2 Å². The smallest absolute Gasteiger partial charge is 0.254 e. The second-order valence-corrected chi connectivity index (χ2v) is 15.1. The summed E-state index contributed by atoms with van der Waals surface area (Å²) in [5, 5.41) is 23.9. The fraction of sp³-hybridized carbons (Fsp3) is 0.191. The molecule has 0 saturated carbocycles. The zero-order valence-electron chi connectivity index (χ0n) is 34.1. The van der Waals surface area contributed by atoms with E-state index in [1.54, 1.807) is 42.6 Å². The van der Waals surface area contributed by atoms with E-state index in [4.69, 9.17) is 11.0 Å². The lowest BCUT2D eigenvalue weighted by Crippen LogP contribution is -2.14. The molecule has 0 saturated heterocycles. The Balaban J connectivity index is 0.000000176. The van der Waals surface area contributed by atoms with Crippen molar-refractivity contribution in [1.82, 2.24) is 30.6 Å². The molecule has 0 aliphatic carbocycles. The van der Waals surface area contributed by atoms with E-state index in [0.717, 1.165) is 12.8 Å². The Bertz CT molecular complexity index is 2840. The fourth-order valence-corrected chi connectivity index (χ4v) is 7.48. The summed E-state index contributed by atoms with van der Waals surface area (Å²) in [6, 6.07) is 22.6. The summed E-state index contributed by atoms with van der Waals surface area (Å²) in [6.07, 6.45) is 6.04. The van der Waals surface area contributed by atoms with Gasteiger partial charge in [-0.1, -0.05) is 26.0 Å². The van der Waals surface area contributed by atoms with Gasteiger partial charge in [-0.2, -0.15) is 10.5 Å². The number of rotatable bonds is 10. The third-order valence-corrected chi connectivity index (χ3v) is 10.5. The normalized spacial score (nSPS) is 11.9. The number of nitrogen functional groups attached to an aromatic ring is 1. The van der Waals surface area contributed by atoms with Crippen LogP contribution in [0.25, 0.3) is 22.5 Å². The van der Waals surface area contributed by atoms with Crippen LogP contribution in [0.4, 0.5) is 14.6 Å². The molecular formula is C47H38BrF2N9O4. The molecule has 316 valence electrons. The summed E-state index contributed by atoms with van der Waals surface area (Å²) in [4.78, 5) is 64.3.